The summed E-state index contributed by atoms with van der Waals surface area (Å²) >= 11 is 0. The van der Waals surface area contributed by atoms with Crippen LogP contribution >= 0.6 is 0 Å². The molecule has 2 aliphatic rings. The van der Waals surface area contributed by atoms with Gasteiger partial charge in [0.15, 0.2) is 0 Å². The lowest BCUT2D eigenvalue weighted by atomic mass is 9.92. The molecule has 0 saturated carbocycles. The van der Waals surface area contributed by atoms with Crippen molar-refractivity contribution in [3.05, 3.63) is 29.8 Å². The average molecular weight is 344 g/mol. The minimum absolute atomic E-state index is 0.624. The first-order chi connectivity index (χ1) is 12.2. The molecule has 2 saturated heterocycles. The molecule has 3 nitrogen and oxygen atoms in total. The summed E-state index contributed by atoms with van der Waals surface area (Å²) in [5, 5.41) is 0. The van der Waals surface area contributed by atoms with Crippen molar-refractivity contribution >= 4 is 5.69 Å². The summed E-state index contributed by atoms with van der Waals surface area (Å²) in [6.45, 7) is 16.9. The van der Waals surface area contributed by atoms with Gasteiger partial charge in [-0.2, -0.15) is 0 Å². The quantitative estimate of drug-likeness (QED) is 0.771. The Kier molecular flexibility index (Phi) is 6.77. The fourth-order valence-electron chi connectivity index (χ4n) is 4.24. The number of piperidine rings is 1. The second-order valence-electron chi connectivity index (χ2n) is 8.24. The van der Waals surface area contributed by atoms with Crippen LogP contribution in [0.5, 0.6) is 0 Å². The molecule has 0 radical (unpaired) electrons. The Balaban J connectivity index is 1.38. The molecule has 0 bridgehead atoms. The van der Waals surface area contributed by atoms with Crippen LogP contribution in [0, 0.1) is 5.92 Å². The van der Waals surface area contributed by atoms with Gasteiger partial charge in [-0.05, 0) is 61.9 Å². The van der Waals surface area contributed by atoms with Gasteiger partial charge >= 0.3 is 0 Å². The lowest BCUT2D eigenvalue weighted by Gasteiger charge is -2.37. The lowest BCUT2D eigenvalue weighted by Crippen LogP contribution is -2.46. The monoisotopic (exact) mass is 343 g/mol. The first-order valence-corrected chi connectivity index (χ1v) is 10.5. The predicted molar refractivity (Wildman–Crippen MR) is 109 cm³/mol. The maximum Gasteiger partial charge on any atom is 0.0366 e. The van der Waals surface area contributed by atoms with E-state index in [-0.39, 0.29) is 0 Å². The Bertz CT molecular complexity index is 495. The van der Waals surface area contributed by atoms with Crippen molar-refractivity contribution in [3.63, 3.8) is 0 Å². The number of rotatable bonds is 6. The van der Waals surface area contributed by atoms with E-state index in [4.69, 9.17) is 0 Å². The van der Waals surface area contributed by atoms with Gasteiger partial charge in [-0.15, -0.1) is 0 Å². The van der Waals surface area contributed by atoms with Gasteiger partial charge in [0.2, 0.25) is 0 Å². The zero-order chi connectivity index (χ0) is 17.6. The number of hydrogen-bond donors (Lipinski definition) is 0. The van der Waals surface area contributed by atoms with Gasteiger partial charge in [0.25, 0.3) is 0 Å². The molecular formula is C22H37N3. The van der Waals surface area contributed by atoms with Gasteiger partial charge in [0.05, 0.1) is 0 Å². The molecule has 0 N–H and O–H groups in total. The fourth-order valence-corrected chi connectivity index (χ4v) is 4.24. The Morgan fingerprint density at radius 3 is 2.04 bits per heavy atom. The van der Waals surface area contributed by atoms with Crippen molar-refractivity contribution in [2.24, 2.45) is 5.92 Å². The van der Waals surface area contributed by atoms with E-state index in [9.17, 15) is 0 Å². The zero-order valence-electron chi connectivity index (χ0n) is 16.6. The average Bonchev–Trinajstić information content (AvgIpc) is 2.67. The van der Waals surface area contributed by atoms with Gasteiger partial charge in [0, 0.05) is 45.0 Å². The summed E-state index contributed by atoms with van der Waals surface area (Å²) in [5.74, 6) is 1.55. The molecule has 140 valence electrons. The van der Waals surface area contributed by atoms with Crippen LogP contribution in [0.25, 0.3) is 0 Å². The van der Waals surface area contributed by atoms with Crippen LogP contribution in [0.3, 0.4) is 0 Å². The molecule has 0 aliphatic carbocycles. The van der Waals surface area contributed by atoms with E-state index >= 15 is 0 Å². The fraction of sp³-hybridized carbons (Fsp3) is 0.727. The number of benzene rings is 1. The Labute approximate surface area is 155 Å². The first kappa shape index (κ1) is 18.7. The largest absolute Gasteiger partial charge is 0.372 e. The third-order valence-electron chi connectivity index (χ3n) is 6.31. The second-order valence-corrected chi connectivity index (χ2v) is 8.24. The molecular weight excluding hydrogens is 306 g/mol. The Morgan fingerprint density at radius 2 is 1.48 bits per heavy atom. The van der Waals surface area contributed by atoms with Crippen molar-refractivity contribution in [1.29, 1.82) is 0 Å². The molecule has 25 heavy (non-hydrogen) atoms. The Morgan fingerprint density at radius 1 is 0.880 bits per heavy atom. The summed E-state index contributed by atoms with van der Waals surface area (Å²) in [6.07, 6.45) is 4.12. The summed E-state index contributed by atoms with van der Waals surface area (Å²) in [4.78, 5) is 7.84. The van der Waals surface area contributed by atoms with E-state index in [0.29, 0.717) is 5.92 Å². The van der Waals surface area contributed by atoms with Crippen LogP contribution in [-0.4, -0.2) is 62.2 Å². The molecule has 2 aliphatic heterocycles. The van der Waals surface area contributed by atoms with Crippen LogP contribution in [0.15, 0.2) is 24.3 Å². The minimum Gasteiger partial charge on any atom is -0.372 e. The third kappa shape index (κ3) is 5.21. The molecule has 3 heteroatoms. The van der Waals surface area contributed by atoms with E-state index in [1.165, 1.54) is 82.9 Å². The third-order valence-corrected chi connectivity index (χ3v) is 6.31. The summed E-state index contributed by atoms with van der Waals surface area (Å²) in [6, 6.07) is 9.26. The maximum absolute atomic E-state index is 2.68. The van der Waals surface area contributed by atoms with E-state index in [1.54, 1.807) is 0 Å². The normalized spacial score (nSPS) is 21.2. The minimum atomic E-state index is 0.624. The van der Waals surface area contributed by atoms with Crippen LogP contribution in [0.4, 0.5) is 5.69 Å². The number of nitrogens with zero attached hydrogens (tertiary/aromatic N) is 3. The molecule has 2 heterocycles. The molecule has 0 spiro atoms. The summed E-state index contributed by atoms with van der Waals surface area (Å²) in [7, 11) is 0. The van der Waals surface area contributed by atoms with Crippen LogP contribution in [0.1, 0.15) is 51.5 Å². The SMILES string of the molecule is CCN1CCN(CCC2CCN(c3ccc(C(C)C)cc3)CC2)CC1. The van der Waals surface area contributed by atoms with E-state index < -0.39 is 0 Å². The highest BCUT2D eigenvalue weighted by Gasteiger charge is 2.21. The van der Waals surface area contributed by atoms with E-state index in [0.717, 1.165) is 5.92 Å². The summed E-state index contributed by atoms with van der Waals surface area (Å²) in [5.41, 5.74) is 2.86. The highest BCUT2D eigenvalue weighted by molar-refractivity contribution is 5.48. The number of anilines is 1. The van der Waals surface area contributed by atoms with Crippen molar-refractivity contribution in [2.75, 3.05) is 57.3 Å². The molecule has 1 aromatic carbocycles. The molecule has 2 fully saturated rings. The van der Waals surface area contributed by atoms with Crippen molar-refractivity contribution in [1.82, 2.24) is 9.80 Å². The van der Waals surface area contributed by atoms with Crippen molar-refractivity contribution in [2.45, 2.75) is 46.0 Å². The summed E-state index contributed by atoms with van der Waals surface area (Å²) < 4.78 is 0. The highest BCUT2D eigenvalue weighted by atomic mass is 15.3. The molecule has 0 atom stereocenters. The maximum atomic E-state index is 2.68. The topological polar surface area (TPSA) is 9.72 Å². The van der Waals surface area contributed by atoms with Crippen LogP contribution in [0.2, 0.25) is 0 Å². The van der Waals surface area contributed by atoms with Crippen LogP contribution < -0.4 is 4.90 Å². The smallest absolute Gasteiger partial charge is 0.0366 e. The van der Waals surface area contributed by atoms with Gasteiger partial charge < -0.3 is 14.7 Å². The lowest BCUT2D eigenvalue weighted by molar-refractivity contribution is 0.129. The highest BCUT2D eigenvalue weighted by Crippen LogP contribution is 2.27. The molecule has 0 amide bonds. The van der Waals surface area contributed by atoms with Gasteiger partial charge in [-0.3, -0.25) is 0 Å². The second kappa shape index (κ2) is 9.05. The molecule has 0 unspecified atom stereocenters. The van der Waals surface area contributed by atoms with Gasteiger partial charge in [-0.1, -0.05) is 32.9 Å². The van der Waals surface area contributed by atoms with Gasteiger partial charge in [-0.25, -0.2) is 0 Å². The number of hydrogen-bond acceptors (Lipinski definition) is 3. The van der Waals surface area contributed by atoms with Crippen molar-refractivity contribution < 1.29 is 0 Å². The predicted octanol–water partition coefficient (Wildman–Crippen LogP) is 4.05. The van der Waals surface area contributed by atoms with Crippen LogP contribution in [-0.2, 0) is 0 Å². The van der Waals surface area contributed by atoms with Crippen molar-refractivity contribution in [3.8, 4) is 0 Å². The molecule has 1 aromatic rings. The number of likely N-dealkylation sites (N-methyl/N-ethyl adjacent to an activating group) is 1. The van der Waals surface area contributed by atoms with E-state index in [2.05, 4.69) is 59.7 Å². The first-order valence-electron chi connectivity index (χ1n) is 10.5. The Hall–Kier alpha value is -1.06. The van der Waals surface area contributed by atoms with Gasteiger partial charge in [0.1, 0.15) is 0 Å². The zero-order valence-corrected chi connectivity index (χ0v) is 16.6. The molecule has 0 aromatic heterocycles. The standard InChI is InChI=1S/C22H37N3/c1-4-23-15-17-24(18-16-23)12-9-20-10-13-25(14-11-20)22-7-5-21(6-8-22)19(2)3/h5-8,19-20H,4,9-18H2,1-3H3. The van der Waals surface area contributed by atoms with E-state index in [1.807, 2.05) is 0 Å². The number of piperazine rings is 1. The molecule has 3 rings (SSSR count).